The molecule has 2 N–H and O–H groups in total. The van der Waals surface area contributed by atoms with E-state index in [1.165, 1.54) is 19.2 Å². The minimum atomic E-state index is -1.46. The van der Waals surface area contributed by atoms with Crippen LogP contribution in [0.5, 0.6) is 5.75 Å². The van der Waals surface area contributed by atoms with E-state index in [0.717, 1.165) is 5.01 Å². The van der Waals surface area contributed by atoms with Crippen molar-refractivity contribution in [1.82, 2.24) is 0 Å². The Kier molecular flexibility index (Phi) is 2.86. The van der Waals surface area contributed by atoms with Gasteiger partial charge >= 0.3 is 0 Å². The van der Waals surface area contributed by atoms with Gasteiger partial charge in [0.05, 0.1) is 23.1 Å². The van der Waals surface area contributed by atoms with E-state index in [1.807, 2.05) is 0 Å². The van der Waals surface area contributed by atoms with Crippen molar-refractivity contribution in [2.45, 2.75) is 6.23 Å². The quantitative estimate of drug-likeness (QED) is 0.474. The molecule has 0 aromatic heterocycles. The van der Waals surface area contributed by atoms with E-state index in [0.29, 0.717) is 5.75 Å². The minimum Gasteiger partial charge on any atom is -0.497 e. The van der Waals surface area contributed by atoms with Crippen LogP contribution < -0.4 is 9.75 Å². The van der Waals surface area contributed by atoms with E-state index in [1.54, 1.807) is 0 Å². The van der Waals surface area contributed by atoms with Crippen LogP contribution >= 0.6 is 11.6 Å². The van der Waals surface area contributed by atoms with Gasteiger partial charge in [-0.25, -0.2) is 0 Å². The van der Waals surface area contributed by atoms with Gasteiger partial charge in [0, 0.05) is 11.6 Å². The molecule has 1 aliphatic heterocycles. The minimum absolute atomic E-state index is 0.132. The zero-order chi connectivity index (χ0) is 12.6. The Morgan fingerprint density at radius 3 is 2.76 bits per heavy atom. The largest absolute Gasteiger partial charge is 0.497 e. The second-order valence-electron chi connectivity index (χ2n) is 3.29. The van der Waals surface area contributed by atoms with Crippen LogP contribution in [0.2, 0.25) is 5.02 Å². The third kappa shape index (κ3) is 1.60. The van der Waals surface area contributed by atoms with Gasteiger partial charge in [0.25, 0.3) is 0 Å². The summed E-state index contributed by atoms with van der Waals surface area (Å²) in [7, 11) is 1.43. The number of methoxy groups -OCH3 is 1. The molecule has 0 amide bonds. The summed E-state index contributed by atoms with van der Waals surface area (Å²) in [5.74, 6) is 0.397. The monoisotopic (exact) mass is 257 g/mol. The van der Waals surface area contributed by atoms with Crippen molar-refractivity contribution in [3.05, 3.63) is 27.6 Å². The molecule has 1 atom stereocenters. The van der Waals surface area contributed by atoms with Crippen LogP contribution in [-0.2, 0) is 0 Å². The fourth-order valence-corrected chi connectivity index (χ4v) is 1.99. The molecule has 1 aromatic carbocycles. The fourth-order valence-electron chi connectivity index (χ4n) is 1.69. The summed E-state index contributed by atoms with van der Waals surface area (Å²) < 4.78 is 4.98. The van der Waals surface area contributed by atoms with Crippen molar-refractivity contribution in [2.75, 3.05) is 12.1 Å². The highest BCUT2D eigenvalue weighted by atomic mass is 35.5. The summed E-state index contributed by atoms with van der Waals surface area (Å²) in [5, 5.41) is 25.0. The number of benzene rings is 1. The maximum absolute atomic E-state index is 10.6. The Balaban J connectivity index is 2.69. The Morgan fingerprint density at radius 2 is 2.24 bits per heavy atom. The van der Waals surface area contributed by atoms with Gasteiger partial charge in [-0.15, -0.1) is 4.91 Å². The van der Waals surface area contributed by atoms with Gasteiger partial charge in [0.15, 0.2) is 6.23 Å². The third-order valence-corrected chi connectivity index (χ3v) is 2.75. The molecule has 7 nitrogen and oxygen atoms in total. The first-order chi connectivity index (χ1) is 8.13. The lowest BCUT2D eigenvalue weighted by molar-refractivity contribution is 0.230. The molecule has 1 aromatic rings. The number of oxime groups is 1. The Morgan fingerprint density at radius 1 is 1.53 bits per heavy atom. The molecule has 17 heavy (non-hydrogen) atoms. The van der Waals surface area contributed by atoms with Gasteiger partial charge in [-0.1, -0.05) is 16.8 Å². The second-order valence-corrected chi connectivity index (χ2v) is 3.70. The highest BCUT2D eigenvalue weighted by molar-refractivity contribution is 6.36. The van der Waals surface area contributed by atoms with Crippen molar-refractivity contribution >= 4 is 23.0 Å². The average molecular weight is 258 g/mol. The zero-order valence-electron chi connectivity index (χ0n) is 8.66. The molecule has 0 spiro atoms. The highest BCUT2D eigenvalue weighted by Crippen LogP contribution is 2.39. The Labute approximate surface area is 101 Å². The van der Waals surface area contributed by atoms with Gasteiger partial charge < -0.3 is 15.1 Å². The predicted octanol–water partition coefficient (Wildman–Crippen LogP) is 1.35. The number of nitroso groups, excluding NO2 is 1. The molecule has 0 bridgehead atoms. The standard InChI is InChI=1S/C9H8ClN3O4/c1-17-4-2-5(10)7-6(3-4)13(12-16)9(14)8(7)11-15/h2-3,9,14-15H,1H3/b11-8+. The topological polar surface area (TPSA) is 94.7 Å². The number of hydrogen-bond acceptors (Lipinski definition) is 6. The van der Waals surface area contributed by atoms with Gasteiger partial charge in [0.1, 0.15) is 11.5 Å². The molecule has 1 heterocycles. The van der Waals surface area contributed by atoms with Crippen molar-refractivity contribution < 1.29 is 15.1 Å². The lowest BCUT2D eigenvalue weighted by Crippen LogP contribution is -2.30. The number of ether oxygens (including phenoxy) is 1. The number of anilines is 1. The van der Waals surface area contributed by atoms with E-state index in [2.05, 4.69) is 10.4 Å². The first-order valence-electron chi connectivity index (χ1n) is 4.54. The van der Waals surface area contributed by atoms with Gasteiger partial charge in [-0.2, -0.15) is 5.01 Å². The van der Waals surface area contributed by atoms with Crippen LogP contribution in [0, 0.1) is 4.91 Å². The van der Waals surface area contributed by atoms with Gasteiger partial charge in [0.2, 0.25) is 0 Å². The van der Waals surface area contributed by atoms with Crippen LogP contribution in [-0.4, -0.2) is 29.4 Å². The number of aliphatic hydroxyl groups excluding tert-OH is 1. The Bertz CT molecular complexity index is 505. The summed E-state index contributed by atoms with van der Waals surface area (Å²) in [4.78, 5) is 10.6. The normalized spacial score (nSPS) is 20.5. The SMILES string of the molecule is COc1cc(Cl)c2c(c1)N(N=O)C(O)/C2=N/O. The third-order valence-electron chi connectivity index (χ3n) is 2.45. The smallest absolute Gasteiger partial charge is 0.198 e. The van der Waals surface area contributed by atoms with E-state index < -0.39 is 6.23 Å². The first-order valence-corrected chi connectivity index (χ1v) is 4.92. The lowest BCUT2D eigenvalue weighted by atomic mass is 10.1. The number of rotatable bonds is 2. The molecule has 0 saturated carbocycles. The number of aliphatic hydroxyl groups is 1. The molecule has 1 unspecified atom stereocenters. The fraction of sp³-hybridized carbons (Fsp3) is 0.222. The summed E-state index contributed by atoms with van der Waals surface area (Å²) in [6.07, 6.45) is -1.46. The molecule has 90 valence electrons. The summed E-state index contributed by atoms with van der Waals surface area (Å²) >= 11 is 5.96. The van der Waals surface area contributed by atoms with Crippen molar-refractivity contribution in [2.24, 2.45) is 10.4 Å². The number of halogens is 1. The zero-order valence-corrected chi connectivity index (χ0v) is 9.42. The van der Waals surface area contributed by atoms with E-state index in [4.69, 9.17) is 21.5 Å². The summed E-state index contributed by atoms with van der Waals surface area (Å²) in [5.41, 5.74) is 0.346. The van der Waals surface area contributed by atoms with Gasteiger partial charge in [-0.3, -0.25) is 0 Å². The van der Waals surface area contributed by atoms with Crippen molar-refractivity contribution in [3.63, 3.8) is 0 Å². The van der Waals surface area contributed by atoms with Crippen molar-refractivity contribution in [1.29, 1.82) is 0 Å². The van der Waals surface area contributed by atoms with Crippen LogP contribution in [0.1, 0.15) is 5.56 Å². The van der Waals surface area contributed by atoms with E-state index >= 15 is 0 Å². The van der Waals surface area contributed by atoms with Crippen LogP contribution in [0.15, 0.2) is 22.6 Å². The van der Waals surface area contributed by atoms with Crippen LogP contribution in [0.25, 0.3) is 0 Å². The molecule has 8 heteroatoms. The average Bonchev–Trinajstić information content (AvgIpc) is 2.60. The molecular formula is C9H8ClN3O4. The molecule has 1 aliphatic rings. The molecule has 0 saturated heterocycles. The predicted molar refractivity (Wildman–Crippen MR) is 60.6 cm³/mol. The summed E-state index contributed by atoms with van der Waals surface area (Å²) in [6, 6.07) is 2.94. The maximum Gasteiger partial charge on any atom is 0.198 e. The number of nitrogens with zero attached hydrogens (tertiary/aromatic N) is 3. The maximum atomic E-state index is 10.6. The van der Waals surface area contributed by atoms with E-state index in [-0.39, 0.29) is 22.0 Å². The van der Waals surface area contributed by atoms with E-state index in [9.17, 15) is 10.0 Å². The van der Waals surface area contributed by atoms with Crippen LogP contribution in [0.4, 0.5) is 5.69 Å². The number of fused-ring (bicyclic) bond motifs is 1. The van der Waals surface area contributed by atoms with Gasteiger partial charge in [-0.05, 0) is 6.07 Å². The second kappa shape index (κ2) is 4.19. The molecule has 2 rings (SSSR count). The highest BCUT2D eigenvalue weighted by Gasteiger charge is 2.38. The molecular weight excluding hydrogens is 250 g/mol. The van der Waals surface area contributed by atoms with Crippen molar-refractivity contribution in [3.8, 4) is 5.75 Å². The van der Waals surface area contributed by atoms with Crippen LogP contribution in [0.3, 0.4) is 0 Å². The lowest BCUT2D eigenvalue weighted by Gasteiger charge is -2.12. The summed E-state index contributed by atoms with van der Waals surface area (Å²) in [6.45, 7) is 0. The molecule has 0 aliphatic carbocycles. The molecule has 0 radical (unpaired) electrons. The Hall–Kier alpha value is -1.86. The number of hydrogen-bond donors (Lipinski definition) is 2. The molecule has 0 fully saturated rings. The first kappa shape index (κ1) is 11.6.